The van der Waals surface area contributed by atoms with E-state index in [2.05, 4.69) is 22.5 Å². The summed E-state index contributed by atoms with van der Waals surface area (Å²) in [6.07, 6.45) is 0.712. The number of amides is 2. The molecule has 0 aliphatic carbocycles. The van der Waals surface area contributed by atoms with Crippen molar-refractivity contribution in [2.24, 2.45) is 0 Å². The Hall–Kier alpha value is -3.48. The third-order valence-corrected chi connectivity index (χ3v) is 7.04. The number of nitrogen functional groups attached to an aromatic ring is 1. The van der Waals surface area contributed by atoms with Gasteiger partial charge >= 0.3 is 6.03 Å². The zero-order valence-electron chi connectivity index (χ0n) is 20.9. The van der Waals surface area contributed by atoms with E-state index >= 15 is 0 Å². The van der Waals surface area contributed by atoms with Crippen LogP contribution in [0.4, 0.5) is 10.5 Å². The molecule has 0 spiro atoms. The van der Waals surface area contributed by atoms with Gasteiger partial charge in [0.2, 0.25) is 0 Å². The fourth-order valence-electron chi connectivity index (χ4n) is 4.05. The number of ether oxygens (including phenoxy) is 1. The number of rotatable bonds is 9. The van der Waals surface area contributed by atoms with Gasteiger partial charge in [-0.15, -0.1) is 0 Å². The van der Waals surface area contributed by atoms with E-state index in [1.54, 1.807) is 0 Å². The van der Waals surface area contributed by atoms with E-state index in [9.17, 15) is 4.79 Å². The number of carbonyl (C=O) groups excluding carboxylic acids is 1. The average molecular weight is 537 g/mol. The van der Waals surface area contributed by atoms with Gasteiger partial charge in [-0.05, 0) is 60.7 Å². The Kier molecular flexibility index (Phi) is 8.74. The van der Waals surface area contributed by atoms with Gasteiger partial charge in [0, 0.05) is 40.4 Å². The zero-order valence-corrected chi connectivity index (χ0v) is 22.4. The summed E-state index contributed by atoms with van der Waals surface area (Å²) in [5.41, 5.74) is 10.8. The largest absolute Gasteiger partial charge is 0.487 e. The molecule has 4 aromatic rings. The second-order valence-corrected chi connectivity index (χ2v) is 9.82. The Morgan fingerprint density at radius 1 is 1.03 bits per heavy atom. The van der Waals surface area contributed by atoms with E-state index in [1.165, 1.54) is 0 Å². The smallest absolute Gasteiger partial charge is 0.315 e. The number of pyridine rings is 1. The predicted molar refractivity (Wildman–Crippen MR) is 151 cm³/mol. The minimum atomic E-state index is -0.223. The molecule has 0 radical (unpaired) electrons. The lowest BCUT2D eigenvalue weighted by Crippen LogP contribution is -2.35. The van der Waals surface area contributed by atoms with Crippen molar-refractivity contribution in [1.29, 1.82) is 0 Å². The summed E-state index contributed by atoms with van der Waals surface area (Å²) in [4.78, 5) is 16.8. The fourth-order valence-corrected chi connectivity index (χ4v) is 4.72. The van der Waals surface area contributed by atoms with Crippen LogP contribution in [0.2, 0.25) is 10.0 Å². The van der Waals surface area contributed by atoms with E-state index in [0.29, 0.717) is 41.0 Å². The molecule has 1 heterocycles. The summed E-state index contributed by atoms with van der Waals surface area (Å²) in [5.74, 6) is 0.781. The first-order valence-electron chi connectivity index (χ1n) is 12.1. The van der Waals surface area contributed by atoms with E-state index in [0.717, 1.165) is 33.3 Å². The van der Waals surface area contributed by atoms with Gasteiger partial charge in [0.05, 0.1) is 5.02 Å². The summed E-state index contributed by atoms with van der Waals surface area (Å²) < 4.78 is 6.14. The van der Waals surface area contributed by atoms with Crippen LogP contribution in [-0.4, -0.2) is 17.6 Å². The number of fused-ring (bicyclic) bond motifs is 1. The van der Waals surface area contributed by atoms with Crippen LogP contribution in [0.5, 0.6) is 5.75 Å². The number of benzene rings is 3. The molecule has 8 heteroatoms. The quantitative estimate of drug-likeness (QED) is 0.201. The zero-order chi connectivity index (χ0) is 26.4. The molecule has 37 heavy (non-hydrogen) atoms. The summed E-state index contributed by atoms with van der Waals surface area (Å²) in [5, 5.41) is 7.89. The van der Waals surface area contributed by atoms with Crippen molar-refractivity contribution >= 4 is 45.8 Å². The van der Waals surface area contributed by atoms with Gasteiger partial charge in [-0.3, -0.25) is 0 Å². The minimum Gasteiger partial charge on any atom is -0.487 e. The third-order valence-electron chi connectivity index (χ3n) is 6.24. The molecule has 4 rings (SSSR count). The normalized spacial score (nSPS) is 11.8. The second-order valence-electron chi connectivity index (χ2n) is 9.04. The van der Waals surface area contributed by atoms with Gasteiger partial charge in [0.25, 0.3) is 0 Å². The monoisotopic (exact) mass is 536 g/mol. The van der Waals surface area contributed by atoms with Crippen molar-refractivity contribution in [3.8, 4) is 5.75 Å². The highest BCUT2D eigenvalue weighted by Gasteiger charge is 2.17. The summed E-state index contributed by atoms with van der Waals surface area (Å²) >= 11 is 13.3. The maximum atomic E-state index is 12.2. The molecule has 1 unspecified atom stereocenters. The number of nitrogens with one attached hydrogen (secondary N) is 2. The molecule has 3 aromatic carbocycles. The lowest BCUT2D eigenvalue weighted by molar-refractivity contribution is 0.240. The molecule has 4 N–H and O–H groups in total. The predicted octanol–water partition coefficient (Wildman–Crippen LogP) is 7.00. The number of para-hydroxylation sites is 1. The Morgan fingerprint density at radius 2 is 1.81 bits per heavy atom. The highest BCUT2D eigenvalue weighted by Crippen LogP contribution is 2.35. The summed E-state index contributed by atoms with van der Waals surface area (Å²) in [6.45, 7) is 5.18. The molecule has 0 saturated carbocycles. The van der Waals surface area contributed by atoms with Gasteiger partial charge in [-0.25, -0.2) is 9.78 Å². The van der Waals surface area contributed by atoms with Crippen molar-refractivity contribution in [2.75, 3.05) is 12.3 Å². The Bertz CT molecular complexity index is 1390. The number of nitrogens with two attached hydrogens (primary N) is 1. The van der Waals surface area contributed by atoms with Crippen molar-refractivity contribution in [1.82, 2.24) is 15.6 Å². The molecule has 6 nitrogen and oxygen atoms in total. The van der Waals surface area contributed by atoms with E-state index < -0.39 is 0 Å². The van der Waals surface area contributed by atoms with Crippen LogP contribution >= 0.6 is 23.2 Å². The molecular weight excluding hydrogens is 507 g/mol. The molecule has 0 aliphatic heterocycles. The maximum Gasteiger partial charge on any atom is 0.315 e. The number of nitrogens with zero attached hydrogens (tertiary/aromatic N) is 1. The molecule has 192 valence electrons. The van der Waals surface area contributed by atoms with Gasteiger partial charge in [0.15, 0.2) is 0 Å². The molecule has 0 saturated heterocycles. The van der Waals surface area contributed by atoms with Gasteiger partial charge in [0.1, 0.15) is 17.9 Å². The molecule has 2 amide bonds. The molecule has 0 aliphatic rings. The highest BCUT2D eigenvalue weighted by molar-refractivity contribution is 6.36. The number of urea groups is 1. The fraction of sp³-hybridized carbons (Fsp3) is 0.241. The molecule has 1 aromatic heterocycles. The Morgan fingerprint density at radius 3 is 2.59 bits per heavy atom. The SMILES string of the molecule is Cc1ccc2cccc(OCc3c(Cl)ccc(C(C)CCNC(=O)NCc4ccc(N)cc4)c3Cl)c2n1. The van der Waals surface area contributed by atoms with Gasteiger partial charge in [-0.2, -0.15) is 0 Å². The number of aryl methyl sites for hydroxylation is 1. The van der Waals surface area contributed by atoms with Crippen molar-refractivity contribution < 1.29 is 9.53 Å². The maximum absolute atomic E-state index is 12.2. The lowest BCUT2D eigenvalue weighted by atomic mass is 9.96. The van der Waals surface area contributed by atoms with Crippen molar-refractivity contribution in [3.63, 3.8) is 0 Å². The molecule has 1 atom stereocenters. The number of hydrogen-bond donors (Lipinski definition) is 3. The summed E-state index contributed by atoms with van der Waals surface area (Å²) in [7, 11) is 0. The van der Waals surface area contributed by atoms with Crippen LogP contribution in [0.3, 0.4) is 0 Å². The Labute approximate surface area is 227 Å². The first kappa shape index (κ1) is 26.6. The van der Waals surface area contributed by atoms with Crippen LogP contribution < -0.4 is 21.1 Å². The number of anilines is 1. The van der Waals surface area contributed by atoms with Crippen molar-refractivity contribution in [3.05, 3.63) is 99.2 Å². The minimum absolute atomic E-state index is 0.0998. The third kappa shape index (κ3) is 6.85. The van der Waals surface area contributed by atoms with Gasteiger partial charge < -0.3 is 21.1 Å². The first-order chi connectivity index (χ1) is 17.8. The summed E-state index contributed by atoms with van der Waals surface area (Å²) in [6, 6.07) is 20.8. The lowest BCUT2D eigenvalue weighted by Gasteiger charge is -2.18. The Balaban J connectivity index is 1.35. The van der Waals surface area contributed by atoms with Gasteiger partial charge in [-0.1, -0.05) is 66.5 Å². The van der Waals surface area contributed by atoms with E-state index in [4.69, 9.17) is 33.7 Å². The van der Waals surface area contributed by atoms with Crippen LogP contribution in [-0.2, 0) is 13.2 Å². The standard InChI is InChI=1S/C29H30Cl2N4O2/c1-18(14-15-33-29(36)34-16-20-7-10-22(32)11-8-20)23-12-13-25(30)24(27(23)31)17-37-26-5-3-4-21-9-6-19(2)35-28(21)26/h3-13,18H,14-17,32H2,1-2H3,(H2,33,34,36). The topological polar surface area (TPSA) is 89.3 Å². The second kappa shape index (κ2) is 12.2. The number of carbonyl (C=O) groups is 1. The van der Waals surface area contributed by atoms with Crippen LogP contribution in [0.25, 0.3) is 10.9 Å². The van der Waals surface area contributed by atoms with E-state index in [-0.39, 0.29) is 18.6 Å². The van der Waals surface area contributed by atoms with Crippen molar-refractivity contribution in [2.45, 2.75) is 39.3 Å². The van der Waals surface area contributed by atoms with Crippen LogP contribution in [0, 0.1) is 6.92 Å². The molecule has 0 fully saturated rings. The molecule has 0 bridgehead atoms. The van der Waals surface area contributed by atoms with E-state index in [1.807, 2.05) is 73.7 Å². The van der Waals surface area contributed by atoms with Crippen LogP contribution in [0.15, 0.2) is 66.7 Å². The number of hydrogen-bond acceptors (Lipinski definition) is 4. The highest BCUT2D eigenvalue weighted by atomic mass is 35.5. The average Bonchev–Trinajstić information content (AvgIpc) is 2.88. The molecular formula is C29H30Cl2N4O2. The first-order valence-corrected chi connectivity index (χ1v) is 12.9. The number of aromatic nitrogens is 1. The number of halogens is 2. The van der Waals surface area contributed by atoms with Crippen LogP contribution in [0.1, 0.15) is 41.6 Å².